The van der Waals surface area contributed by atoms with E-state index in [-0.39, 0.29) is 5.97 Å². The van der Waals surface area contributed by atoms with Gasteiger partial charge < -0.3 is 14.1 Å². The van der Waals surface area contributed by atoms with E-state index in [1.54, 1.807) is 19.2 Å². The summed E-state index contributed by atoms with van der Waals surface area (Å²) < 4.78 is 11.0. The quantitative estimate of drug-likeness (QED) is 0.577. The number of ether oxygens (including phenoxy) is 1. The molecule has 1 N–H and O–H groups in total. The zero-order chi connectivity index (χ0) is 15.8. The Hall–Kier alpha value is -3.08. The molecule has 0 saturated heterocycles. The number of nitrogens with one attached hydrogen (secondary N) is 1. The highest BCUT2D eigenvalue weighted by molar-refractivity contribution is 6.00. The van der Waals surface area contributed by atoms with E-state index in [0.29, 0.717) is 17.9 Å². The second-order valence-corrected chi connectivity index (χ2v) is 5.17. The zero-order valence-electron chi connectivity index (χ0n) is 12.5. The largest absolute Gasteiger partial charge is 0.461 e. The molecule has 0 aliphatic carbocycles. The van der Waals surface area contributed by atoms with Crippen molar-refractivity contribution in [1.82, 2.24) is 9.97 Å². The number of benzene rings is 1. The Morgan fingerprint density at radius 3 is 2.96 bits per heavy atom. The van der Waals surface area contributed by atoms with Crippen molar-refractivity contribution >= 4 is 28.0 Å². The van der Waals surface area contributed by atoms with Crippen molar-refractivity contribution in [2.45, 2.75) is 6.92 Å². The SMILES string of the molecule is CCOC(=O)c1cc2c(-c3cc4ccccc4o3)ccnc2[nH]1. The van der Waals surface area contributed by atoms with Crippen LogP contribution in [0.2, 0.25) is 0 Å². The number of furan rings is 1. The molecule has 23 heavy (non-hydrogen) atoms. The Morgan fingerprint density at radius 2 is 2.13 bits per heavy atom. The minimum absolute atomic E-state index is 0.331. The van der Waals surface area contributed by atoms with E-state index < -0.39 is 0 Å². The molecule has 5 nitrogen and oxygen atoms in total. The van der Waals surface area contributed by atoms with Crippen LogP contribution in [-0.2, 0) is 4.74 Å². The van der Waals surface area contributed by atoms with Crippen LogP contribution in [0.1, 0.15) is 17.4 Å². The average Bonchev–Trinajstić information content (AvgIpc) is 3.18. The van der Waals surface area contributed by atoms with Gasteiger partial charge in [0.15, 0.2) is 0 Å². The number of rotatable bonds is 3. The van der Waals surface area contributed by atoms with Gasteiger partial charge in [-0.2, -0.15) is 0 Å². The van der Waals surface area contributed by atoms with Gasteiger partial charge in [-0.15, -0.1) is 0 Å². The van der Waals surface area contributed by atoms with Crippen LogP contribution in [0, 0.1) is 0 Å². The number of carbonyl (C=O) groups excluding carboxylic acids is 1. The van der Waals surface area contributed by atoms with Crippen molar-refractivity contribution in [3.8, 4) is 11.3 Å². The summed E-state index contributed by atoms with van der Waals surface area (Å²) in [6, 6.07) is 13.5. The summed E-state index contributed by atoms with van der Waals surface area (Å²) in [6.07, 6.45) is 1.69. The molecule has 3 aromatic heterocycles. The highest BCUT2D eigenvalue weighted by Crippen LogP contribution is 2.32. The van der Waals surface area contributed by atoms with E-state index in [2.05, 4.69) is 9.97 Å². The van der Waals surface area contributed by atoms with Crippen molar-refractivity contribution in [2.75, 3.05) is 6.61 Å². The Kier molecular flexibility index (Phi) is 3.12. The first-order valence-electron chi connectivity index (χ1n) is 7.40. The minimum Gasteiger partial charge on any atom is -0.461 e. The van der Waals surface area contributed by atoms with Gasteiger partial charge in [-0.05, 0) is 31.2 Å². The summed E-state index contributed by atoms with van der Waals surface area (Å²) >= 11 is 0. The third-order valence-corrected chi connectivity index (χ3v) is 3.72. The van der Waals surface area contributed by atoms with Gasteiger partial charge in [0.05, 0.1) is 6.61 Å². The van der Waals surface area contributed by atoms with Gasteiger partial charge >= 0.3 is 5.97 Å². The lowest BCUT2D eigenvalue weighted by Gasteiger charge is -1.97. The topological polar surface area (TPSA) is 68.1 Å². The molecule has 4 aromatic rings. The van der Waals surface area contributed by atoms with Gasteiger partial charge in [0.25, 0.3) is 0 Å². The molecular formula is C18H14N2O3. The first-order valence-corrected chi connectivity index (χ1v) is 7.40. The Bertz CT molecular complexity index is 980. The average molecular weight is 306 g/mol. The molecule has 0 atom stereocenters. The molecule has 114 valence electrons. The lowest BCUT2D eigenvalue weighted by atomic mass is 10.1. The van der Waals surface area contributed by atoms with Crippen LogP contribution in [0.4, 0.5) is 0 Å². The lowest BCUT2D eigenvalue weighted by Crippen LogP contribution is -2.04. The fraction of sp³-hybridized carbons (Fsp3) is 0.111. The van der Waals surface area contributed by atoms with Crippen molar-refractivity contribution in [3.63, 3.8) is 0 Å². The maximum absolute atomic E-state index is 11.9. The van der Waals surface area contributed by atoms with Gasteiger partial charge in [0.1, 0.15) is 22.7 Å². The van der Waals surface area contributed by atoms with E-state index in [1.807, 2.05) is 36.4 Å². The molecular weight excluding hydrogens is 292 g/mol. The van der Waals surface area contributed by atoms with Gasteiger partial charge in [-0.3, -0.25) is 0 Å². The Balaban J connectivity index is 1.87. The summed E-state index contributed by atoms with van der Waals surface area (Å²) in [4.78, 5) is 19.2. The second-order valence-electron chi connectivity index (χ2n) is 5.17. The van der Waals surface area contributed by atoms with Gasteiger partial charge in [-0.1, -0.05) is 18.2 Å². The maximum Gasteiger partial charge on any atom is 0.354 e. The molecule has 0 amide bonds. The molecule has 0 saturated carbocycles. The van der Waals surface area contributed by atoms with Crippen LogP contribution in [-0.4, -0.2) is 22.5 Å². The van der Waals surface area contributed by atoms with Gasteiger partial charge in [0.2, 0.25) is 0 Å². The van der Waals surface area contributed by atoms with E-state index in [4.69, 9.17) is 9.15 Å². The normalized spacial score (nSPS) is 11.2. The number of esters is 1. The monoisotopic (exact) mass is 306 g/mol. The molecule has 3 heterocycles. The number of nitrogens with zero attached hydrogens (tertiary/aromatic N) is 1. The molecule has 1 aromatic carbocycles. The smallest absolute Gasteiger partial charge is 0.354 e. The Morgan fingerprint density at radius 1 is 1.26 bits per heavy atom. The summed E-state index contributed by atoms with van der Waals surface area (Å²) in [7, 11) is 0. The van der Waals surface area contributed by atoms with Gasteiger partial charge in [-0.25, -0.2) is 9.78 Å². The van der Waals surface area contributed by atoms with Gasteiger partial charge in [0, 0.05) is 22.5 Å². The number of carbonyl (C=O) groups is 1. The molecule has 0 fully saturated rings. The number of hydrogen-bond acceptors (Lipinski definition) is 4. The number of aromatic nitrogens is 2. The fourth-order valence-electron chi connectivity index (χ4n) is 2.68. The van der Waals surface area contributed by atoms with Crippen LogP contribution in [0.15, 0.2) is 53.1 Å². The molecule has 0 unspecified atom stereocenters. The molecule has 0 radical (unpaired) electrons. The fourth-order valence-corrected chi connectivity index (χ4v) is 2.68. The number of fused-ring (bicyclic) bond motifs is 2. The third kappa shape index (κ3) is 2.26. The van der Waals surface area contributed by atoms with Crippen molar-refractivity contribution in [2.24, 2.45) is 0 Å². The van der Waals surface area contributed by atoms with E-state index in [1.165, 1.54) is 0 Å². The summed E-state index contributed by atoms with van der Waals surface area (Å²) in [6.45, 7) is 2.11. The summed E-state index contributed by atoms with van der Waals surface area (Å²) in [5, 5.41) is 1.86. The summed E-state index contributed by atoms with van der Waals surface area (Å²) in [5.41, 5.74) is 2.73. The van der Waals surface area contributed by atoms with E-state index in [9.17, 15) is 4.79 Å². The molecule has 0 spiro atoms. The molecule has 0 aliphatic heterocycles. The maximum atomic E-state index is 11.9. The van der Waals surface area contributed by atoms with Crippen molar-refractivity contribution in [1.29, 1.82) is 0 Å². The molecule has 4 rings (SSSR count). The van der Waals surface area contributed by atoms with Crippen LogP contribution in [0.5, 0.6) is 0 Å². The lowest BCUT2D eigenvalue weighted by molar-refractivity contribution is 0.0520. The van der Waals surface area contributed by atoms with Crippen LogP contribution < -0.4 is 0 Å². The third-order valence-electron chi connectivity index (χ3n) is 3.72. The van der Waals surface area contributed by atoms with E-state index >= 15 is 0 Å². The van der Waals surface area contributed by atoms with Crippen LogP contribution >= 0.6 is 0 Å². The number of hydrogen-bond donors (Lipinski definition) is 1. The molecule has 5 heteroatoms. The second kappa shape index (κ2) is 5.28. The van der Waals surface area contributed by atoms with Crippen molar-refractivity contribution in [3.05, 3.63) is 54.4 Å². The first kappa shape index (κ1) is 13.6. The first-order chi connectivity index (χ1) is 11.3. The Labute approximate surface area is 131 Å². The van der Waals surface area contributed by atoms with E-state index in [0.717, 1.165) is 27.7 Å². The predicted molar refractivity (Wildman–Crippen MR) is 87.3 cm³/mol. The highest BCUT2D eigenvalue weighted by atomic mass is 16.5. The number of pyridine rings is 1. The molecule has 0 bridgehead atoms. The zero-order valence-corrected chi connectivity index (χ0v) is 12.5. The summed E-state index contributed by atoms with van der Waals surface area (Å²) in [5.74, 6) is 0.356. The number of para-hydroxylation sites is 1. The van der Waals surface area contributed by atoms with Crippen LogP contribution in [0.25, 0.3) is 33.3 Å². The highest BCUT2D eigenvalue weighted by Gasteiger charge is 2.16. The van der Waals surface area contributed by atoms with Crippen LogP contribution in [0.3, 0.4) is 0 Å². The number of aromatic amines is 1. The number of H-pyrrole nitrogens is 1. The minimum atomic E-state index is -0.388. The predicted octanol–water partition coefficient (Wildman–Crippen LogP) is 4.15. The standard InChI is InChI=1S/C18H14N2O3/c1-2-22-18(21)14-10-13-12(7-8-19-17(13)20-14)16-9-11-5-3-4-6-15(11)23-16/h3-10H,2H2,1H3,(H,19,20). The molecule has 0 aliphatic rings. The van der Waals surface area contributed by atoms with Crippen molar-refractivity contribution < 1.29 is 13.9 Å².